The van der Waals surface area contributed by atoms with Crippen LogP contribution in [0.3, 0.4) is 0 Å². The summed E-state index contributed by atoms with van der Waals surface area (Å²) in [4.78, 5) is 20.5. The monoisotopic (exact) mass is 284 g/mol. The molecule has 1 atom stereocenters. The van der Waals surface area contributed by atoms with Gasteiger partial charge in [-0.3, -0.25) is 10.1 Å². The molecule has 1 aliphatic heterocycles. The summed E-state index contributed by atoms with van der Waals surface area (Å²) in [5.41, 5.74) is 2.10. The van der Waals surface area contributed by atoms with Gasteiger partial charge in [0.2, 0.25) is 11.6 Å². The minimum absolute atomic E-state index is 0.0428. The van der Waals surface area contributed by atoms with Crippen LogP contribution < -0.4 is 16.2 Å². The molecule has 1 saturated heterocycles. The van der Waals surface area contributed by atoms with E-state index in [1.165, 1.54) is 6.33 Å². The molecular weight excluding hydrogens is 268 g/mol. The second kappa shape index (κ2) is 6.02. The first-order valence-corrected chi connectivity index (χ1v) is 7.04. The maximum atomic E-state index is 11.2. The molecule has 0 amide bonds. The second-order valence-electron chi connectivity index (χ2n) is 4.14. The largest absolute Gasteiger partial charge is 0.354 e. The van der Waals surface area contributed by atoms with Crippen LogP contribution in [0, 0.1) is 10.1 Å². The Hall–Kier alpha value is -1.61. The zero-order chi connectivity index (χ0) is 13.8. The standard InChI is InChI=1S/C10H16N6O2S/c1-2-7-5-15(3-4-19-7)10-8(16(17)18)9(14-11)12-6-13-10/h6-7H,2-5,11H2,1H3,(H,12,13,14). The lowest BCUT2D eigenvalue weighted by Gasteiger charge is -2.32. The third-order valence-corrected chi connectivity index (χ3v) is 4.39. The topological polar surface area (TPSA) is 110 Å². The normalized spacial score (nSPS) is 19.3. The lowest BCUT2D eigenvalue weighted by Crippen LogP contribution is -2.38. The van der Waals surface area contributed by atoms with E-state index in [1.807, 2.05) is 16.7 Å². The van der Waals surface area contributed by atoms with Gasteiger partial charge < -0.3 is 10.3 Å². The van der Waals surface area contributed by atoms with E-state index in [2.05, 4.69) is 22.3 Å². The van der Waals surface area contributed by atoms with E-state index in [-0.39, 0.29) is 11.5 Å². The molecule has 1 fully saturated rings. The first-order chi connectivity index (χ1) is 9.17. The minimum atomic E-state index is -0.493. The fraction of sp³-hybridized carbons (Fsp3) is 0.600. The first kappa shape index (κ1) is 13.8. The number of nitrogens with one attached hydrogen (secondary N) is 1. The molecule has 0 radical (unpaired) electrons. The zero-order valence-electron chi connectivity index (χ0n) is 10.6. The van der Waals surface area contributed by atoms with Gasteiger partial charge in [0.15, 0.2) is 0 Å². The van der Waals surface area contributed by atoms with Crippen LogP contribution in [0.15, 0.2) is 6.33 Å². The number of nitro groups is 1. The van der Waals surface area contributed by atoms with Gasteiger partial charge in [-0.2, -0.15) is 11.8 Å². The number of aromatic nitrogens is 2. The molecule has 0 saturated carbocycles. The smallest absolute Gasteiger partial charge is 0.349 e. The van der Waals surface area contributed by atoms with Crippen molar-refractivity contribution in [3.05, 3.63) is 16.4 Å². The van der Waals surface area contributed by atoms with Crippen LogP contribution >= 0.6 is 11.8 Å². The average molecular weight is 284 g/mol. The predicted molar refractivity (Wildman–Crippen MR) is 75.2 cm³/mol. The summed E-state index contributed by atoms with van der Waals surface area (Å²) in [6, 6.07) is 0. The fourth-order valence-electron chi connectivity index (χ4n) is 2.03. The number of nitrogens with zero attached hydrogens (tertiary/aromatic N) is 4. The van der Waals surface area contributed by atoms with E-state index in [0.29, 0.717) is 11.1 Å². The SMILES string of the molecule is CCC1CN(c2ncnc(NN)c2[N+](=O)[O-])CCS1. The van der Waals surface area contributed by atoms with Crippen LogP contribution in [0.5, 0.6) is 0 Å². The van der Waals surface area contributed by atoms with Gasteiger partial charge in [-0.1, -0.05) is 6.92 Å². The summed E-state index contributed by atoms with van der Waals surface area (Å²) < 4.78 is 0. The average Bonchev–Trinajstić information content (AvgIpc) is 2.46. The Morgan fingerprint density at radius 2 is 2.47 bits per heavy atom. The van der Waals surface area contributed by atoms with Gasteiger partial charge >= 0.3 is 5.69 Å². The highest BCUT2D eigenvalue weighted by Crippen LogP contribution is 2.34. The molecule has 104 valence electrons. The number of thioether (sulfide) groups is 1. The number of anilines is 2. The molecule has 9 heteroatoms. The first-order valence-electron chi connectivity index (χ1n) is 6.00. The van der Waals surface area contributed by atoms with E-state index >= 15 is 0 Å². The summed E-state index contributed by atoms with van der Waals surface area (Å²) in [5, 5.41) is 11.7. The van der Waals surface area contributed by atoms with Crippen LogP contribution in [0.4, 0.5) is 17.3 Å². The number of hydrazine groups is 1. The number of nitrogens with two attached hydrogens (primary N) is 1. The highest BCUT2D eigenvalue weighted by Gasteiger charge is 2.29. The lowest BCUT2D eigenvalue weighted by atomic mass is 10.3. The van der Waals surface area contributed by atoms with Crippen molar-refractivity contribution >= 4 is 29.1 Å². The Labute approximate surface area is 114 Å². The molecule has 1 aliphatic rings. The molecule has 0 bridgehead atoms. The van der Waals surface area contributed by atoms with Crippen LogP contribution in [-0.4, -0.2) is 39.0 Å². The number of hydrogen-bond donors (Lipinski definition) is 2. The third kappa shape index (κ3) is 2.87. The van der Waals surface area contributed by atoms with E-state index in [4.69, 9.17) is 5.84 Å². The molecule has 19 heavy (non-hydrogen) atoms. The maximum absolute atomic E-state index is 11.2. The molecule has 1 aromatic rings. The summed E-state index contributed by atoms with van der Waals surface area (Å²) in [7, 11) is 0. The summed E-state index contributed by atoms with van der Waals surface area (Å²) in [6.45, 7) is 3.61. The Bertz CT molecular complexity index is 471. The predicted octanol–water partition coefficient (Wildman–Crippen LogP) is 1.00. The van der Waals surface area contributed by atoms with Gasteiger partial charge in [-0.05, 0) is 6.42 Å². The Morgan fingerprint density at radius 1 is 1.68 bits per heavy atom. The Kier molecular flexibility index (Phi) is 4.38. The quantitative estimate of drug-likeness (QED) is 0.478. The summed E-state index contributed by atoms with van der Waals surface area (Å²) >= 11 is 1.89. The number of nitrogen functional groups attached to an aromatic ring is 1. The van der Waals surface area contributed by atoms with Crippen molar-refractivity contribution in [1.29, 1.82) is 0 Å². The van der Waals surface area contributed by atoms with Gasteiger partial charge in [0.1, 0.15) is 6.33 Å². The molecule has 2 rings (SSSR count). The molecule has 0 spiro atoms. The zero-order valence-corrected chi connectivity index (χ0v) is 11.4. The van der Waals surface area contributed by atoms with Crippen molar-refractivity contribution in [2.75, 3.05) is 29.2 Å². The van der Waals surface area contributed by atoms with Gasteiger partial charge in [-0.15, -0.1) is 0 Å². The molecule has 0 aliphatic carbocycles. The van der Waals surface area contributed by atoms with Crippen molar-refractivity contribution in [2.45, 2.75) is 18.6 Å². The van der Waals surface area contributed by atoms with Crippen molar-refractivity contribution in [3.63, 3.8) is 0 Å². The Morgan fingerprint density at radius 3 is 3.11 bits per heavy atom. The van der Waals surface area contributed by atoms with Gasteiger partial charge in [0.05, 0.1) is 4.92 Å². The van der Waals surface area contributed by atoms with Crippen LogP contribution in [-0.2, 0) is 0 Å². The van der Waals surface area contributed by atoms with Crippen LogP contribution in [0.2, 0.25) is 0 Å². The van der Waals surface area contributed by atoms with Crippen molar-refractivity contribution in [2.24, 2.45) is 5.84 Å². The van der Waals surface area contributed by atoms with E-state index < -0.39 is 4.92 Å². The summed E-state index contributed by atoms with van der Waals surface area (Å²) in [5.74, 6) is 6.59. The van der Waals surface area contributed by atoms with Crippen LogP contribution in [0.1, 0.15) is 13.3 Å². The molecule has 0 aromatic carbocycles. The van der Waals surface area contributed by atoms with Gasteiger partial charge in [0.25, 0.3) is 0 Å². The molecule has 8 nitrogen and oxygen atoms in total. The minimum Gasteiger partial charge on any atom is -0.349 e. The third-order valence-electron chi connectivity index (χ3n) is 3.02. The van der Waals surface area contributed by atoms with Crippen molar-refractivity contribution in [1.82, 2.24) is 9.97 Å². The Balaban J connectivity index is 2.35. The van der Waals surface area contributed by atoms with Gasteiger partial charge in [-0.25, -0.2) is 15.8 Å². The van der Waals surface area contributed by atoms with Crippen molar-refractivity contribution in [3.8, 4) is 0 Å². The highest BCUT2D eigenvalue weighted by atomic mass is 32.2. The number of hydrogen-bond acceptors (Lipinski definition) is 8. The van der Waals surface area contributed by atoms with Crippen molar-refractivity contribution < 1.29 is 4.92 Å². The van der Waals surface area contributed by atoms with E-state index in [9.17, 15) is 10.1 Å². The number of rotatable bonds is 4. The van der Waals surface area contributed by atoms with E-state index in [1.54, 1.807) is 0 Å². The van der Waals surface area contributed by atoms with Gasteiger partial charge in [0, 0.05) is 24.1 Å². The van der Waals surface area contributed by atoms with Crippen LogP contribution in [0.25, 0.3) is 0 Å². The lowest BCUT2D eigenvalue weighted by molar-refractivity contribution is -0.383. The molecule has 1 aromatic heterocycles. The summed E-state index contributed by atoms with van der Waals surface area (Å²) in [6.07, 6.45) is 2.32. The molecule has 1 unspecified atom stereocenters. The maximum Gasteiger partial charge on any atom is 0.354 e. The molecule has 3 N–H and O–H groups in total. The highest BCUT2D eigenvalue weighted by molar-refractivity contribution is 8.00. The molecular formula is C10H16N6O2S. The van der Waals surface area contributed by atoms with E-state index in [0.717, 1.165) is 25.3 Å². The second-order valence-corrected chi connectivity index (χ2v) is 5.55. The molecule has 2 heterocycles. The fourth-order valence-corrected chi connectivity index (χ4v) is 3.21.